The predicted octanol–water partition coefficient (Wildman–Crippen LogP) is 3.11. The number of hydrogen-bond donors (Lipinski definition) is 1. The van der Waals surface area contributed by atoms with E-state index in [1.807, 2.05) is 30.3 Å². The first-order valence-corrected chi connectivity index (χ1v) is 10.9. The van der Waals surface area contributed by atoms with Crippen LogP contribution in [0.4, 0.5) is 11.5 Å². The van der Waals surface area contributed by atoms with Gasteiger partial charge in [-0.2, -0.15) is 4.98 Å². The minimum Gasteiger partial charge on any atom is -0.437 e. The average molecular weight is 441 g/mol. The van der Waals surface area contributed by atoms with E-state index in [4.69, 9.17) is 26.1 Å². The van der Waals surface area contributed by atoms with Gasteiger partial charge < -0.3 is 24.6 Å². The van der Waals surface area contributed by atoms with E-state index in [1.54, 1.807) is 0 Å². The van der Waals surface area contributed by atoms with Gasteiger partial charge in [-0.15, -0.1) is 0 Å². The van der Waals surface area contributed by atoms with Crippen molar-refractivity contribution >= 4 is 34.1 Å². The molecule has 1 aromatic carbocycles. The summed E-state index contributed by atoms with van der Waals surface area (Å²) in [5.41, 5.74) is 2.35. The number of fused-ring (bicyclic) bond motifs is 1. The summed E-state index contributed by atoms with van der Waals surface area (Å²) in [5.74, 6) is 1.91. The lowest BCUT2D eigenvalue weighted by molar-refractivity contribution is 0.122. The number of pyridine rings is 1. The molecule has 5 rings (SSSR count). The van der Waals surface area contributed by atoms with Gasteiger partial charge in [0.1, 0.15) is 17.9 Å². The molecule has 2 fully saturated rings. The molecule has 2 aliphatic rings. The van der Waals surface area contributed by atoms with Crippen LogP contribution in [0.25, 0.3) is 11.0 Å². The number of nitrogens with one attached hydrogen (secondary N) is 1. The standard InChI is InChI=1S/C22H25ClN6O2/c1-28(15-6-7-24-13-15)20-5-3-18-21(27-20)22(26-14-25-18)31-16-2-4-19(17(23)12-16)29-8-10-30-11-9-29/h2-5,12,14-15,24H,6-11,13H2,1H3/t15-/m0/s1. The first-order valence-electron chi connectivity index (χ1n) is 10.5. The summed E-state index contributed by atoms with van der Waals surface area (Å²) in [6.07, 6.45) is 2.59. The molecule has 31 heavy (non-hydrogen) atoms. The fourth-order valence-corrected chi connectivity index (χ4v) is 4.35. The van der Waals surface area contributed by atoms with Crippen LogP contribution in [0.3, 0.4) is 0 Å². The van der Waals surface area contributed by atoms with Crippen LogP contribution in [0.2, 0.25) is 5.02 Å². The second kappa shape index (κ2) is 8.82. The molecule has 0 spiro atoms. The van der Waals surface area contributed by atoms with E-state index in [0.717, 1.165) is 49.6 Å². The van der Waals surface area contributed by atoms with Crippen molar-refractivity contribution in [2.75, 3.05) is 56.2 Å². The summed E-state index contributed by atoms with van der Waals surface area (Å²) in [6.45, 7) is 5.06. The Kier molecular flexibility index (Phi) is 5.76. The number of morpholine rings is 1. The lowest BCUT2D eigenvalue weighted by Gasteiger charge is -2.29. The SMILES string of the molecule is CN(c1ccc2ncnc(Oc3ccc(N4CCOCC4)c(Cl)c3)c2n1)[C@H]1CCNC1. The first kappa shape index (κ1) is 20.2. The summed E-state index contributed by atoms with van der Waals surface area (Å²) in [6, 6.07) is 10.1. The highest BCUT2D eigenvalue weighted by atomic mass is 35.5. The Balaban J connectivity index is 1.42. The Morgan fingerprint density at radius 1 is 1.19 bits per heavy atom. The lowest BCUT2D eigenvalue weighted by atomic mass is 10.2. The van der Waals surface area contributed by atoms with Crippen LogP contribution in [0.15, 0.2) is 36.7 Å². The summed E-state index contributed by atoms with van der Waals surface area (Å²) < 4.78 is 11.5. The van der Waals surface area contributed by atoms with Crippen LogP contribution >= 0.6 is 11.6 Å². The normalized spacial score (nSPS) is 19.0. The van der Waals surface area contributed by atoms with Crippen LogP contribution in [0, 0.1) is 0 Å². The maximum absolute atomic E-state index is 6.56. The number of likely N-dealkylation sites (N-methyl/N-ethyl adjacent to an activating group) is 1. The van der Waals surface area contributed by atoms with E-state index in [0.29, 0.717) is 41.4 Å². The van der Waals surface area contributed by atoms with Crippen LogP contribution in [0.5, 0.6) is 11.6 Å². The van der Waals surface area contributed by atoms with Crippen molar-refractivity contribution in [2.45, 2.75) is 12.5 Å². The molecule has 0 radical (unpaired) electrons. The minimum absolute atomic E-state index is 0.417. The van der Waals surface area contributed by atoms with Gasteiger partial charge >= 0.3 is 0 Å². The Morgan fingerprint density at radius 2 is 2.06 bits per heavy atom. The average Bonchev–Trinajstić information content (AvgIpc) is 3.34. The Labute approximate surface area is 186 Å². The molecular weight excluding hydrogens is 416 g/mol. The molecule has 0 unspecified atom stereocenters. The highest BCUT2D eigenvalue weighted by molar-refractivity contribution is 6.33. The van der Waals surface area contributed by atoms with Crippen molar-refractivity contribution in [3.63, 3.8) is 0 Å². The van der Waals surface area contributed by atoms with E-state index in [1.165, 1.54) is 6.33 Å². The van der Waals surface area contributed by atoms with E-state index < -0.39 is 0 Å². The zero-order valence-corrected chi connectivity index (χ0v) is 18.2. The first-order chi connectivity index (χ1) is 15.2. The summed E-state index contributed by atoms with van der Waals surface area (Å²) in [7, 11) is 2.07. The van der Waals surface area contributed by atoms with E-state index in [-0.39, 0.29) is 0 Å². The van der Waals surface area contributed by atoms with Crippen LogP contribution in [0.1, 0.15) is 6.42 Å². The molecule has 162 valence electrons. The van der Waals surface area contributed by atoms with Gasteiger partial charge in [-0.25, -0.2) is 9.97 Å². The molecule has 1 N–H and O–H groups in total. The number of rotatable bonds is 5. The van der Waals surface area contributed by atoms with Crippen LogP contribution in [-0.4, -0.2) is 67.4 Å². The van der Waals surface area contributed by atoms with E-state index in [9.17, 15) is 0 Å². The zero-order chi connectivity index (χ0) is 21.2. The maximum Gasteiger partial charge on any atom is 0.249 e. The summed E-state index contributed by atoms with van der Waals surface area (Å²) >= 11 is 6.56. The number of ether oxygens (including phenoxy) is 2. The number of anilines is 2. The van der Waals surface area contributed by atoms with Crippen LogP contribution in [-0.2, 0) is 4.74 Å². The van der Waals surface area contributed by atoms with Gasteiger partial charge in [0.15, 0.2) is 5.52 Å². The van der Waals surface area contributed by atoms with Gasteiger partial charge in [0.05, 0.1) is 29.4 Å². The van der Waals surface area contributed by atoms with E-state index >= 15 is 0 Å². The Morgan fingerprint density at radius 3 is 2.84 bits per heavy atom. The molecule has 0 saturated carbocycles. The molecule has 0 amide bonds. The van der Waals surface area contributed by atoms with Crippen molar-refractivity contribution in [2.24, 2.45) is 0 Å². The maximum atomic E-state index is 6.56. The second-order valence-corrected chi connectivity index (χ2v) is 8.20. The number of nitrogens with zero attached hydrogens (tertiary/aromatic N) is 5. The van der Waals surface area contributed by atoms with E-state index in [2.05, 4.69) is 32.1 Å². The molecule has 8 nitrogen and oxygen atoms in total. The van der Waals surface area contributed by atoms with Crippen molar-refractivity contribution in [3.05, 3.63) is 41.7 Å². The molecule has 2 aromatic heterocycles. The van der Waals surface area contributed by atoms with Gasteiger partial charge in [0.2, 0.25) is 5.88 Å². The van der Waals surface area contributed by atoms with Gasteiger partial charge in [-0.05, 0) is 37.2 Å². The second-order valence-electron chi connectivity index (χ2n) is 7.79. The van der Waals surface area contributed by atoms with Crippen LogP contribution < -0.4 is 19.9 Å². The molecule has 3 aromatic rings. The van der Waals surface area contributed by atoms with Gasteiger partial charge in [-0.1, -0.05) is 11.6 Å². The molecular formula is C22H25ClN6O2. The molecule has 4 heterocycles. The highest BCUT2D eigenvalue weighted by Gasteiger charge is 2.21. The Bertz CT molecular complexity index is 1070. The fraction of sp³-hybridized carbons (Fsp3) is 0.409. The topological polar surface area (TPSA) is 75.6 Å². The largest absolute Gasteiger partial charge is 0.437 e. The lowest BCUT2D eigenvalue weighted by Crippen LogP contribution is -2.36. The predicted molar refractivity (Wildman–Crippen MR) is 122 cm³/mol. The van der Waals surface area contributed by atoms with Gasteiger partial charge in [0.25, 0.3) is 0 Å². The number of benzene rings is 1. The van der Waals surface area contributed by atoms with Gasteiger partial charge in [-0.3, -0.25) is 0 Å². The third kappa shape index (κ3) is 4.23. The number of aromatic nitrogens is 3. The number of halogens is 1. The molecule has 0 bridgehead atoms. The molecule has 1 atom stereocenters. The molecule has 0 aliphatic carbocycles. The zero-order valence-electron chi connectivity index (χ0n) is 17.4. The summed E-state index contributed by atoms with van der Waals surface area (Å²) in [4.78, 5) is 17.9. The minimum atomic E-state index is 0.417. The van der Waals surface area contributed by atoms with Crippen molar-refractivity contribution < 1.29 is 9.47 Å². The third-order valence-electron chi connectivity index (χ3n) is 5.86. The summed E-state index contributed by atoms with van der Waals surface area (Å²) in [5, 5.41) is 4.03. The molecule has 9 heteroatoms. The molecule has 2 saturated heterocycles. The monoisotopic (exact) mass is 440 g/mol. The number of hydrogen-bond acceptors (Lipinski definition) is 8. The fourth-order valence-electron chi connectivity index (χ4n) is 4.06. The van der Waals surface area contributed by atoms with Gasteiger partial charge in [0, 0.05) is 38.8 Å². The highest BCUT2D eigenvalue weighted by Crippen LogP contribution is 2.33. The van der Waals surface area contributed by atoms with Crippen molar-refractivity contribution in [3.8, 4) is 11.6 Å². The quantitative estimate of drug-likeness (QED) is 0.648. The van der Waals surface area contributed by atoms with Crippen molar-refractivity contribution in [1.29, 1.82) is 0 Å². The Hall–Kier alpha value is -2.68. The molecule has 2 aliphatic heterocycles. The third-order valence-corrected chi connectivity index (χ3v) is 6.17. The van der Waals surface area contributed by atoms with Crippen molar-refractivity contribution in [1.82, 2.24) is 20.3 Å². The smallest absolute Gasteiger partial charge is 0.249 e.